The third kappa shape index (κ3) is 3.93. The molecule has 0 bridgehead atoms. The van der Waals surface area contributed by atoms with E-state index in [4.69, 9.17) is 4.42 Å². The fraction of sp³-hybridized carbons (Fsp3) is 0.381. The molecule has 1 atom stereocenters. The normalized spacial score (nSPS) is 17.0. The highest BCUT2D eigenvalue weighted by Gasteiger charge is 2.34. The molecule has 2 amide bonds. The number of benzene rings is 1. The van der Waals surface area contributed by atoms with Crippen molar-refractivity contribution in [2.24, 2.45) is 11.8 Å². The van der Waals surface area contributed by atoms with Gasteiger partial charge in [-0.2, -0.15) is 0 Å². The van der Waals surface area contributed by atoms with Crippen molar-refractivity contribution < 1.29 is 14.0 Å². The second-order valence-corrected chi connectivity index (χ2v) is 7.76. The molecule has 2 N–H and O–H groups in total. The molecule has 3 heterocycles. The number of hydrogen-bond donors (Lipinski definition) is 2. The van der Waals surface area contributed by atoms with Crippen LogP contribution in [-0.2, 0) is 22.6 Å². The minimum absolute atomic E-state index is 0.0288. The van der Waals surface area contributed by atoms with Crippen molar-refractivity contribution in [1.29, 1.82) is 0 Å². The summed E-state index contributed by atoms with van der Waals surface area (Å²) in [6.07, 6.45) is 2.68. The molecule has 0 radical (unpaired) electrons. The number of amides is 2. The van der Waals surface area contributed by atoms with Crippen molar-refractivity contribution in [3.63, 3.8) is 0 Å². The van der Waals surface area contributed by atoms with Gasteiger partial charge in [0.2, 0.25) is 11.8 Å². The molecule has 0 saturated carbocycles. The lowest BCUT2D eigenvalue weighted by molar-refractivity contribution is -0.128. The molecule has 1 aliphatic heterocycles. The van der Waals surface area contributed by atoms with E-state index in [-0.39, 0.29) is 24.2 Å². The summed E-state index contributed by atoms with van der Waals surface area (Å²) >= 11 is 0. The zero-order valence-electron chi connectivity index (χ0n) is 16.1. The van der Waals surface area contributed by atoms with Gasteiger partial charge < -0.3 is 19.6 Å². The van der Waals surface area contributed by atoms with Gasteiger partial charge >= 0.3 is 0 Å². The van der Waals surface area contributed by atoms with Gasteiger partial charge in [-0.25, -0.2) is 4.98 Å². The van der Waals surface area contributed by atoms with Crippen molar-refractivity contribution in [3.8, 4) is 0 Å². The molecule has 1 aliphatic rings. The number of hydrogen-bond acceptors (Lipinski definition) is 4. The number of furan rings is 1. The molecule has 7 nitrogen and oxygen atoms in total. The van der Waals surface area contributed by atoms with Gasteiger partial charge in [0, 0.05) is 25.1 Å². The van der Waals surface area contributed by atoms with E-state index in [1.54, 1.807) is 17.2 Å². The first kappa shape index (κ1) is 18.3. The monoisotopic (exact) mass is 380 g/mol. The Kier molecular flexibility index (Phi) is 4.90. The Morgan fingerprint density at radius 2 is 2.25 bits per heavy atom. The first-order chi connectivity index (χ1) is 13.5. The Morgan fingerprint density at radius 1 is 1.39 bits per heavy atom. The number of likely N-dealkylation sites (tertiary alicyclic amines) is 1. The molecular formula is C21H24N4O3. The largest absolute Gasteiger partial charge is 0.467 e. The first-order valence-corrected chi connectivity index (χ1v) is 9.57. The smallest absolute Gasteiger partial charge is 0.229 e. The number of H-pyrrole nitrogens is 1. The molecular weight excluding hydrogens is 356 g/mol. The van der Waals surface area contributed by atoms with Crippen LogP contribution in [0.2, 0.25) is 0 Å². The highest BCUT2D eigenvalue weighted by atomic mass is 16.3. The van der Waals surface area contributed by atoms with Gasteiger partial charge in [0.15, 0.2) is 0 Å². The van der Waals surface area contributed by atoms with Crippen LogP contribution in [0, 0.1) is 11.8 Å². The molecule has 3 aromatic rings. The number of rotatable bonds is 6. The Morgan fingerprint density at radius 3 is 3.00 bits per heavy atom. The standard InChI is InChI=1S/C21H24N4O3/c1-13(2)8-19-23-17-6-5-15(10-18(17)24-19)22-21(27)14-9-20(26)25(11-14)12-16-4-3-7-28-16/h3-7,10,13-14H,8-9,11-12H2,1-2H3,(H,22,27)(H,23,24)/t14-/m1/s1. The molecule has 0 spiro atoms. The first-order valence-electron chi connectivity index (χ1n) is 9.57. The number of aromatic amines is 1. The van der Waals surface area contributed by atoms with E-state index < -0.39 is 0 Å². The summed E-state index contributed by atoms with van der Waals surface area (Å²) < 4.78 is 5.30. The van der Waals surface area contributed by atoms with E-state index in [1.165, 1.54) is 0 Å². The van der Waals surface area contributed by atoms with Crippen LogP contribution in [0.25, 0.3) is 11.0 Å². The molecule has 1 saturated heterocycles. The number of carbonyl (C=O) groups excluding carboxylic acids is 2. The molecule has 1 aromatic carbocycles. The number of fused-ring (bicyclic) bond motifs is 1. The molecule has 2 aromatic heterocycles. The van der Waals surface area contributed by atoms with Crippen molar-refractivity contribution >= 4 is 28.5 Å². The maximum Gasteiger partial charge on any atom is 0.229 e. The number of imidazole rings is 1. The molecule has 0 unspecified atom stereocenters. The van der Waals surface area contributed by atoms with E-state index in [0.717, 1.165) is 29.0 Å². The average molecular weight is 380 g/mol. The van der Waals surface area contributed by atoms with Crippen LogP contribution in [-0.4, -0.2) is 33.2 Å². The van der Waals surface area contributed by atoms with Gasteiger partial charge in [0.05, 0.1) is 29.8 Å². The van der Waals surface area contributed by atoms with Crippen molar-refractivity contribution in [2.45, 2.75) is 33.2 Å². The zero-order chi connectivity index (χ0) is 19.7. The summed E-state index contributed by atoms with van der Waals surface area (Å²) in [7, 11) is 0. The van der Waals surface area contributed by atoms with Gasteiger partial charge in [-0.3, -0.25) is 9.59 Å². The third-order valence-corrected chi connectivity index (χ3v) is 4.91. The number of nitrogens with zero attached hydrogens (tertiary/aromatic N) is 2. The van der Waals surface area contributed by atoms with E-state index in [1.807, 2.05) is 24.3 Å². The molecule has 7 heteroatoms. The summed E-state index contributed by atoms with van der Waals surface area (Å²) in [5.41, 5.74) is 2.49. The van der Waals surface area contributed by atoms with E-state index >= 15 is 0 Å². The predicted octanol–water partition coefficient (Wildman–Crippen LogP) is 3.34. The lowest BCUT2D eigenvalue weighted by atomic mass is 10.1. The summed E-state index contributed by atoms with van der Waals surface area (Å²) in [5, 5.41) is 2.94. The summed E-state index contributed by atoms with van der Waals surface area (Å²) in [6.45, 7) is 5.10. The van der Waals surface area contributed by atoms with Gasteiger partial charge in [0.1, 0.15) is 11.6 Å². The number of nitrogens with one attached hydrogen (secondary N) is 2. The van der Waals surface area contributed by atoms with Gasteiger partial charge in [-0.15, -0.1) is 0 Å². The van der Waals surface area contributed by atoms with Crippen LogP contribution in [0.15, 0.2) is 41.0 Å². The third-order valence-electron chi connectivity index (χ3n) is 4.91. The summed E-state index contributed by atoms with van der Waals surface area (Å²) in [5.74, 6) is 1.65. The van der Waals surface area contributed by atoms with E-state index in [9.17, 15) is 9.59 Å². The maximum atomic E-state index is 12.7. The number of aromatic nitrogens is 2. The fourth-order valence-electron chi connectivity index (χ4n) is 3.56. The Labute approximate surface area is 163 Å². The average Bonchev–Trinajstić information content (AvgIpc) is 3.35. The molecule has 4 rings (SSSR count). The lowest BCUT2D eigenvalue weighted by Crippen LogP contribution is -2.27. The minimum Gasteiger partial charge on any atom is -0.467 e. The van der Waals surface area contributed by atoms with Crippen molar-refractivity contribution in [1.82, 2.24) is 14.9 Å². The lowest BCUT2D eigenvalue weighted by Gasteiger charge is -2.15. The fourth-order valence-corrected chi connectivity index (χ4v) is 3.56. The minimum atomic E-state index is -0.364. The van der Waals surface area contributed by atoms with Crippen LogP contribution < -0.4 is 5.32 Å². The predicted molar refractivity (Wildman–Crippen MR) is 105 cm³/mol. The van der Waals surface area contributed by atoms with Crippen LogP contribution in [0.3, 0.4) is 0 Å². The van der Waals surface area contributed by atoms with E-state index in [0.29, 0.717) is 24.7 Å². The van der Waals surface area contributed by atoms with Crippen LogP contribution in [0.4, 0.5) is 5.69 Å². The van der Waals surface area contributed by atoms with Crippen LogP contribution in [0.5, 0.6) is 0 Å². The van der Waals surface area contributed by atoms with Crippen LogP contribution >= 0.6 is 0 Å². The van der Waals surface area contributed by atoms with Crippen molar-refractivity contribution in [3.05, 3.63) is 48.2 Å². The molecule has 146 valence electrons. The summed E-state index contributed by atoms with van der Waals surface area (Å²) in [6, 6.07) is 9.25. The van der Waals surface area contributed by atoms with Crippen LogP contribution in [0.1, 0.15) is 31.9 Å². The Hall–Kier alpha value is -3.09. The SMILES string of the molecule is CC(C)Cc1nc2ccc(NC(=O)[C@@H]3CC(=O)N(Cc4ccco4)C3)cc2[nH]1. The summed E-state index contributed by atoms with van der Waals surface area (Å²) in [4.78, 5) is 34.4. The molecule has 28 heavy (non-hydrogen) atoms. The zero-order valence-corrected chi connectivity index (χ0v) is 16.1. The quantitative estimate of drug-likeness (QED) is 0.686. The molecule has 1 fully saturated rings. The highest BCUT2D eigenvalue weighted by molar-refractivity contribution is 5.98. The second-order valence-electron chi connectivity index (χ2n) is 7.76. The molecule has 0 aliphatic carbocycles. The Balaban J connectivity index is 1.41. The topological polar surface area (TPSA) is 91.2 Å². The maximum absolute atomic E-state index is 12.7. The van der Waals surface area contributed by atoms with Gasteiger partial charge in [-0.1, -0.05) is 13.8 Å². The Bertz CT molecular complexity index is 990. The van der Waals surface area contributed by atoms with Crippen molar-refractivity contribution in [2.75, 3.05) is 11.9 Å². The number of anilines is 1. The second kappa shape index (κ2) is 7.50. The van der Waals surface area contributed by atoms with E-state index in [2.05, 4.69) is 29.1 Å². The van der Waals surface area contributed by atoms with Gasteiger partial charge in [0.25, 0.3) is 0 Å². The number of carbonyl (C=O) groups is 2. The highest BCUT2D eigenvalue weighted by Crippen LogP contribution is 2.23. The van der Waals surface area contributed by atoms with Gasteiger partial charge in [-0.05, 0) is 36.2 Å².